The van der Waals surface area contributed by atoms with Crippen LogP contribution in [0.1, 0.15) is 348 Å². The van der Waals surface area contributed by atoms with Gasteiger partial charge in [0, 0.05) is 12.8 Å². The van der Waals surface area contributed by atoms with E-state index in [0.717, 1.165) is 103 Å². The number of likely N-dealkylation sites (N-methyl/N-ethyl adjacent to an activating group) is 1. The number of carboxylic acid groups (broad SMARTS) is 1. The zero-order chi connectivity index (χ0) is 69.0. The molecule has 0 heterocycles. The summed E-state index contributed by atoms with van der Waals surface area (Å²) in [5, 5.41) is 11.8. The van der Waals surface area contributed by atoms with Gasteiger partial charge in [-0.2, -0.15) is 0 Å². The lowest BCUT2D eigenvalue weighted by molar-refractivity contribution is -0.870. The largest absolute Gasteiger partial charge is 0.545 e. The van der Waals surface area contributed by atoms with Crippen LogP contribution in [0, 0.1) is 0 Å². The van der Waals surface area contributed by atoms with Crippen molar-refractivity contribution in [1.82, 2.24) is 0 Å². The number of carbonyl (C=O) groups is 3. The van der Waals surface area contributed by atoms with Crippen LogP contribution >= 0.6 is 0 Å². The van der Waals surface area contributed by atoms with Gasteiger partial charge in [0.15, 0.2) is 12.4 Å². The maximum Gasteiger partial charge on any atom is 0.306 e. The maximum atomic E-state index is 12.9. The Balaban J connectivity index is 4.03. The van der Waals surface area contributed by atoms with Gasteiger partial charge in [-0.25, -0.2) is 0 Å². The molecule has 0 aliphatic carbocycles. The maximum absolute atomic E-state index is 12.9. The molecule has 0 amide bonds. The van der Waals surface area contributed by atoms with Crippen LogP contribution in [0.15, 0.2) is 122 Å². The second kappa shape index (κ2) is 75.5. The Kier molecular flexibility index (Phi) is 72.0. The average Bonchev–Trinajstić information content (AvgIpc) is 2.86. The number of allylic oxidation sites excluding steroid dienone is 20. The molecule has 2 atom stereocenters. The normalized spacial score (nSPS) is 13.3. The van der Waals surface area contributed by atoms with Crippen LogP contribution in [0.5, 0.6) is 0 Å². The van der Waals surface area contributed by atoms with Gasteiger partial charge in [-0.05, 0) is 109 Å². The minimum Gasteiger partial charge on any atom is -0.545 e. The van der Waals surface area contributed by atoms with Gasteiger partial charge in [-0.1, -0.05) is 347 Å². The molecule has 9 heteroatoms. The summed E-state index contributed by atoms with van der Waals surface area (Å²) in [7, 11) is 5.92. The van der Waals surface area contributed by atoms with Crippen LogP contribution in [0.2, 0.25) is 0 Å². The number of carbonyl (C=O) groups excluding carboxylic acids is 3. The highest BCUT2D eigenvalue weighted by atomic mass is 16.7. The Bertz CT molecular complexity index is 1980. The number of carboxylic acids is 1. The number of ether oxygens (including phenoxy) is 4. The quantitative estimate of drug-likeness (QED) is 0.0195. The molecular formula is C86H149NO8. The van der Waals surface area contributed by atoms with E-state index in [0.29, 0.717) is 17.4 Å². The number of rotatable bonds is 73. The molecular weight excluding hydrogens is 1170 g/mol. The lowest BCUT2D eigenvalue weighted by atomic mass is 10.0. The summed E-state index contributed by atoms with van der Waals surface area (Å²) in [4.78, 5) is 37.6. The summed E-state index contributed by atoms with van der Waals surface area (Å²) < 4.78 is 22.8. The molecule has 0 saturated carbocycles. The Morgan fingerprint density at radius 3 is 0.895 bits per heavy atom. The molecule has 0 rings (SSSR count). The van der Waals surface area contributed by atoms with E-state index in [9.17, 15) is 19.5 Å². The van der Waals surface area contributed by atoms with Gasteiger partial charge in [0.25, 0.3) is 0 Å². The second-order valence-corrected chi connectivity index (χ2v) is 27.6. The van der Waals surface area contributed by atoms with Crippen molar-refractivity contribution in [3.05, 3.63) is 122 Å². The molecule has 0 spiro atoms. The van der Waals surface area contributed by atoms with E-state index in [1.54, 1.807) is 0 Å². The number of aliphatic carboxylic acids is 1. The molecule has 0 N–H and O–H groups in total. The minimum atomic E-state index is -1.64. The van der Waals surface area contributed by atoms with Crippen molar-refractivity contribution < 1.29 is 42.9 Å². The number of esters is 2. The van der Waals surface area contributed by atoms with Crippen molar-refractivity contribution in [2.45, 2.75) is 360 Å². The minimum absolute atomic E-state index is 0.138. The SMILES string of the molecule is CC/C=C\C/C=C\C/C=C\C/C=C\C/C=C\C/C=C\C/C=C\C/C=C\CCCCCCC(=O)OC(COC(=O)CCCCCCCCCCCCCCCCCCCCCCCCCCCCCCC/C=C\C/C=C\CCCCCCC)COC(OCC[N+](C)(C)C)C(=O)[O-]. The fourth-order valence-corrected chi connectivity index (χ4v) is 11.2. The van der Waals surface area contributed by atoms with Crippen LogP contribution in [0.25, 0.3) is 0 Å². The predicted octanol–water partition coefficient (Wildman–Crippen LogP) is 24.1. The van der Waals surface area contributed by atoms with Gasteiger partial charge in [-0.3, -0.25) is 9.59 Å². The van der Waals surface area contributed by atoms with E-state index >= 15 is 0 Å². The van der Waals surface area contributed by atoms with Crippen molar-refractivity contribution in [1.29, 1.82) is 0 Å². The molecule has 0 fully saturated rings. The van der Waals surface area contributed by atoms with E-state index in [-0.39, 0.29) is 38.6 Å². The molecule has 546 valence electrons. The van der Waals surface area contributed by atoms with Crippen LogP contribution in [-0.2, 0) is 33.3 Å². The highest BCUT2D eigenvalue weighted by molar-refractivity contribution is 5.70. The van der Waals surface area contributed by atoms with E-state index in [1.165, 1.54) is 212 Å². The van der Waals surface area contributed by atoms with E-state index in [2.05, 4.69) is 135 Å². The first kappa shape index (κ1) is 90.7. The van der Waals surface area contributed by atoms with Gasteiger partial charge in [0.1, 0.15) is 13.2 Å². The monoisotopic (exact) mass is 1320 g/mol. The summed E-state index contributed by atoms with van der Waals surface area (Å²) >= 11 is 0. The van der Waals surface area contributed by atoms with Gasteiger partial charge >= 0.3 is 11.9 Å². The molecule has 9 nitrogen and oxygen atoms in total. The van der Waals surface area contributed by atoms with Crippen molar-refractivity contribution in [3.8, 4) is 0 Å². The first-order valence-electron chi connectivity index (χ1n) is 39.7. The smallest absolute Gasteiger partial charge is 0.306 e. The molecule has 95 heavy (non-hydrogen) atoms. The van der Waals surface area contributed by atoms with E-state index in [4.69, 9.17) is 18.9 Å². The number of unbranched alkanes of at least 4 members (excludes halogenated alkanes) is 38. The van der Waals surface area contributed by atoms with Gasteiger partial charge in [0.2, 0.25) is 0 Å². The van der Waals surface area contributed by atoms with Crippen molar-refractivity contribution in [3.63, 3.8) is 0 Å². The van der Waals surface area contributed by atoms with Crippen LogP contribution in [-0.4, -0.2) is 82.3 Å². The third-order valence-electron chi connectivity index (χ3n) is 17.2. The summed E-state index contributed by atoms with van der Waals surface area (Å²) in [6.45, 7) is 4.62. The molecule has 0 aliphatic rings. The molecule has 2 unspecified atom stereocenters. The third kappa shape index (κ3) is 76.9. The Labute approximate surface area is 587 Å². The highest BCUT2D eigenvalue weighted by Crippen LogP contribution is 2.18. The summed E-state index contributed by atoms with van der Waals surface area (Å²) in [5.74, 6) is -2.31. The summed E-state index contributed by atoms with van der Waals surface area (Å²) in [5.41, 5.74) is 0. The third-order valence-corrected chi connectivity index (χ3v) is 17.2. The lowest BCUT2D eigenvalue weighted by Gasteiger charge is -2.26. The second-order valence-electron chi connectivity index (χ2n) is 27.6. The first-order valence-corrected chi connectivity index (χ1v) is 39.7. The van der Waals surface area contributed by atoms with E-state index in [1.807, 2.05) is 21.1 Å². The number of hydrogen-bond donors (Lipinski definition) is 0. The van der Waals surface area contributed by atoms with Crippen LogP contribution in [0.3, 0.4) is 0 Å². The molecule has 0 radical (unpaired) electrons. The molecule has 0 aromatic carbocycles. The molecule has 0 aromatic heterocycles. The zero-order valence-electron chi connectivity index (χ0n) is 62.5. The van der Waals surface area contributed by atoms with Gasteiger partial charge in [0.05, 0.1) is 40.3 Å². The molecule has 0 saturated heterocycles. The first-order chi connectivity index (χ1) is 46.6. The number of quaternary nitrogens is 1. The number of hydrogen-bond acceptors (Lipinski definition) is 8. The molecule has 0 aliphatic heterocycles. The average molecular weight is 1330 g/mol. The van der Waals surface area contributed by atoms with E-state index < -0.39 is 24.3 Å². The molecule has 0 aromatic rings. The topological polar surface area (TPSA) is 111 Å². The van der Waals surface area contributed by atoms with Crippen LogP contribution < -0.4 is 5.11 Å². The lowest BCUT2D eigenvalue weighted by Crippen LogP contribution is -2.44. The zero-order valence-corrected chi connectivity index (χ0v) is 62.5. The molecule has 0 bridgehead atoms. The Morgan fingerprint density at radius 2 is 0.600 bits per heavy atom. The van der Waals surface area contributed by atoms with Crippen molar-refractivity contribution >= 4 is 17.9 Å². The van der Waals surface area contributed by atoms with Gasteiger partial charge in [-0.15, -0.1) is 0 Å². The Morgan fingerprint density at radius 1 is 0.326 bits per heavy atom. The number of nitrogens with zero attached hydrogens (tertiary/aromatic N) is 1. The van der Waals surface area contributed by atoms with Crippen LogP contribution in [0.4, 0.5) is 0 Å². The Hall–Kier alpha value is -4.31. The fourth-order valence-electron chi connectivity index (χ4n) is 11.2. The summed E-state index contributed by atoms with van der Waals surface area (Å²) in [6.07, 6.45) is 105. The predicted molar refractivity (Wildman–Crippen MR) is 407 cm³/mol. The van der Waals surface area contributed by atoms with Gasteiger partial charge < -0.3 is 33.3 Å². The van der Waals surface area contributed by atoms with Crippen molar-refractivity contribution in [2.75, 3.05) is 47.5 Å². The standard InChI is InChI=1S/C86H149NO8/c1-6-8-10-12-14-16-18-20-22-24-26-28-30-32-34-36-37-38-39-40-41-42-43-44-45-46-47-49-50-52-54-56-58-60-62-64-66-68-70-72-74-76-83(88)93-80-82(81-94-86(85(90)91)92-79-78-87(3,4)5)95-84(89)77-75-73-71-69-67-65-63-61-59-57-55-53-51-48-35-33-31-29-27-25-23-21-19-17-15-13-11-9-7-2/h9,11,15,17-18,20-21,23-24,26-27,29,33,35,51,53,57,59,63,65,82,86H,6-8,10,12-14,16,19,22,25,28,30-32,34,36-50,52,54-56,58,60-62,64,66-81H2,1-5H3/b11-9-,17-15-,20-18-,23-21-,26-24-,29-27-,35-33-,53-51-,59-57-,65-63-. The fraction of sp³-hybridized carbons (Fsp3) is 0.733. The summed E-state index contributed by atoms with van der Waals surface area (Å²) in [6, 6.07) is 0. The van der Waals surface area contributed by atoms with Crippen molar-refractivity contribution in [2.24, 2.45) is 0 Å². The highest BCUT2D eigenvalue weighted by Gasteiger charge is 2.22.